The number of aromatic nitrogens is 2. The predicted molar refractivity (Wildman–Crippen MR) is 94.6 cm³/mol. The number of benzene rings is 1. The van der Waals surface area contributed by atoms with Crippen LogP contribution in [-0.2, 0) is 0 Å². The fraction of sp³-hybridized carbons (Fsp3) is 0.176. The van der Waals surface area contributed by atoms with Gasteiger partial charge in [0.15, 0.2) is 0 Å². The maximum atomic E-state index is 6.34. The van der Waals surface area contributed by atoms with Crippen LogP contribution in [0.25, 0.3) is 10.9 Å². The van der Waals surface area contributed by atoms with E-state index in [-0.39, 0.29) is 0 Å². The molecule has 0 spiro atoms. The minimum atomic E-state index is 0.416. The van der Waals surface area contributed by atoms with E-state index < -0.39 is 0 Å². The van der Waals surface area contributed by atoms with Gasteiger partial charge in [-0.25, -0.2) is 4.98 Å². The van der Waals surface area contributed by atoms with Gasteiger partial charge in [0.1, 0.15) is 5.03 Å². The zero-order valence-corrected chi connectivity index (χ0v) is 13.9. The van der Waals surface area contributed by atoms with E-state index in [9.17, 15) is 0 Å². The Morgan fingerprint density at radius 2 is 1.82 bits per heavy atom. The molecule has 3 nitrogen and oxygen atoms in total. The molecule has 3 rings (SSSR count). The Morgan fingerprint density at radius 1 is 1.05 bits per heavy atom. The summed E-state index contributed by atoms with van der Waals surface area (Å²) in [4.78, 5) is 8.89. The van der Waals surface area contributed by atoms with Crippen LogP contribution < -0.4 is 4.72 Å². The summed E-state index contributed by atoms with van der Waals surface area (Å²) in [6.07, 6.45) is 3.58. The summed E-state index contributed by atoms with van der Waals surface area (Å²) >= 11 is 7.81. The molecule has 1 N–H and O–H groups in total. The molecule has 0 aliphatic heterocycles. The summed E-state index contributed by atoms with van der Waals surface area (Å²) in [5, 5.41) is 2.67. The molecule has 2 heterocycles. The number of rotatable bonds is 4. The van der Waals surface area contributed by atoms with Crippen molar-refractivity contribution in [3.05, 3.63) is 59.4 Å². The van der Waals surface area contributed by atoms with Crippen molar-refractivity contribution in [3.63, 3.8) is 0 Å². The Bertz CT molecular complexity index is 805. The number of fused-ring (bicyclic) bond motifs is 1. The van der Waals surface area contributed by atoms with E-state index in [0.717, 1.165) is 21.6 Å². The number of hydrogen-bond donors (Lipinski definition) is 1. The van der Waals surface area contributed by atoms with Gasteiger partial charge in [0.25, 0.3) is 0 Å². The highest BCUT2D eigenvalue weighted by Gasteiger charge is 2.11. The SMILES string of the molecule is CC(C)c1cccnc1SNc1c(Cl)ccc2cccnc12. The molecule has 0 bridgehead atoms. The number of nitrogens with one attached hydrogen (secondary N) is 1. The van der Waals surface area contributed by atoms with Crippen LogP contribution >= 0.6 is 23.5 Å². The lowest BCUT2D eigenvalue weighted by atomic mass is 10.1. The molecule has 112 valence electrons. The minimum absolute atomic E-state index is 0.416. The van der Waals surface area contributed by atoms with Gasteiger partial charge in [0.05, 0.1) is 16.2 Å². The van der Waals surface area contributed by atoms with E-state index in [0.29, 0.717) is 10.9 Å². The Hall–Kier alpha value is -1.78. The second kappa shape index (κ2) is 6.55. The summed E-state index contributed by atoms with van der Waals surface area (Å²) in [6, 6.07) is 11.9. The molecule has 0 aliphatic rings. The Kier molecular flexibility index (Phi) is 4.50. The standard InChI is InChI=1S/C17H16ClN3S/c1-11(2)13-6-4-10-20-17(13)22-21-16-14(18)8-7-12-5-3-9-19-15(12)16/h3-11,21H,1-2H3. The van der Waals surface area contributed by atoms with E-state index >= 15 is 0 Å². The molecule has 5 heteroatoms. The van der Waals surface area contributed by atoms with Gasteiger partial charge in [-0.05, 0) is 29.7 Å². The topological polar surface area (TPSA) is 37.8 Å². The van der Waals surface area contributed by atoms with Gasteiger partial charge in [-0.3, -0.25) is 4.98 Å². The fourth-order valence-electron chi connectivity index (χ4n) is 2.24. The highest BCUT2D eigenvalue weighted by molar-refractivity contribution is 8.00. The number of anilines is 1. The van der Waals surface area contributed by atoms with E-state index in [4.69, 9.17) is 11.6 Å². The van der Waals surface area contributed by atoms with E-state index in [1.54, 1.807) is 12.4 Å². The Labute approximate surface area is 139 Å². The van der Waals surface area contributed by atoms with Crippen LogP contribution in [0.15, 0.2) is 53.8 Å². The first-order valence-corrected chi connectivity index (χ1v) is 8.27. The van der Waals surface area contributed by atoms with Crippen LogP contribution in [0.1, 0.15) is 25.3 Å². The number of hydrogen-bond acceptors (Lipinski definition) is 4. The fourth-order valence-corrected chi connectivity index (χ4v) is 3.44. The van der Waals surface area contributed by atoms with Crippen LogP contribution in [0.5, 0.6) is 0 Å². The third kappa shape index (κ3) is 3.03. The molecule has 0 atom stereocenters. The van der Waals surface area contributed by atoms with Crippen LogP contribution in [0, 0.1) is 0 Å². The van der Waals surface area contributed by atoms with Crippen LogP contribution in [-0.4, -0.2) is 9.97 Å². The predicted octanol–water partition coefficient (Wildman–Crippen LogP) is 5.53. The van der Waals surface area contributed by atoms with Gasteiger partial charge in [-0.1, -0.05) is 43.6 Å². The van der Waals surface area contributed by atoms with Crippen molar-refractivity contribution in [1.29, 1.82) is 0 Å². The number of halogens is 1. The Balaban J connectivity index is 1.93. The molecule has 22 heavy (non-hydrogen) atoms. The van der Waals surface area contributed by atoms with Crippen molar-refractivity contribution >= 4 is 40.1 Å². The third-order valence-electron chi connectivity index (χ3n) is 3.40. The monoisotopic (exact) mass is 329 g/mol. The zero-order valence-electron chi connectivity index (χ0n) is 12.4. The van der Waals surface area contributed by atoms with Gasteiger partial charge in [0.2, 0.25) is 0 Å². The third-order valence-corrected chi connectivity index (χ3v) is 4.55. The molecule has 0 amide bonds. The molecule has 0 aliphatic carbocycles. The van der Waals surface area contributed by atoms with Gasteiger partial charge >= 0.3 is 0 Å². The van der Waals surface area contributed by atoms with Crippen molar-refractivity contribution in [2.45, 2.75) is 24.8 Å². The average Bonchev–Trinajstić information content (AvgIpc) is 2.54. The molecule has 2 aromatic heterocycles. The first-order chi connectivity index (χ1) is 10.7. The van der Waals surface area contributed by atoms with E-state index in [1.807, 2.05) is 30.3 Å². The quantitative estimate of drug-likeness (QED) is 0.639. The zero-order chi connectivity index (χ0) is 15.5. The van der Waals surface area contributed by atoms with Crippen molar-refractivity contribution in [3.8, 4) is 0 Å². The average molecular weight is 330 g/mol. The maximum Gasteiger partial charge on any atom is 0.120 e. The summed E-state index contributed by atoms with van der Waals surface area (Å²) in [5.41, 5.74) is 2.90. The van der Waals surface area contributed by atoms with E-state index in [2.05, 4.69) is 34.6 Å². The largest absolute Gasteiger partial charge is 0.321 e. The molecule has 0 saturated heterocycles. The number of nitrogens with zero attached hydrogens (tertiary/aromatic N) is 2. The minimum Gasteiger partial charge on any atom is -0.321 e. The van der Waals surface area contributed by atoms with Crippen molar-refractivity contribution < 1.29 is 0 Å². The lowest BCUT2D eigenvalue weighted by Crippen LogP contribution is -1.97. The van der Waals surface area contributed by atoms with Crippen molar-refractivity contribution in [2.75, 3.05) is 4.72 Å². The molecule has 3 aromatic rings. The summed E-state index contributed by atoms with van der Waals surface area (Å²) < 4.78 is 3.33. The highest BCUT2D eigenvalue weighted by Crippen LogP contribution is 2.34. The molecule has 0 fully saturated rings. The smallest absolute Gasteiger partial charge is 0.120 e. The van der Waals surface area contributed by atoms with Crippen LogP contribution in [0.2, 0.25) is 5.02 Å². The van der Waals surface area contributed by atoms with Gasteiger partial charge in [-0.15, -0.1) is 0 Å². The lowest BCUT2D eigenvalue weighted by molar-refractivity contribution is 0.819. The molecular weight excluding hydrogens is 314 g/mol. The van der Waals surface area contributed by atoms with Gasteiger partial charge in [0, 0.05) is 29.7 Å². The maximum absolute atomic E-state index is 6.34. The summed E-state index contributed by atoms with van der Waals surface area (Å²) in [6.45, 7) is 4.32. The lowest BCUT2D eigenvalue weighted by Gasteiger charge is -2.13. The highest BCUT2D eigenvalue weighted by atomic mass is 35.5. The normalized spacial score (nSPS) is 11.1. The van der Waals surface area contributed by atoms with Crippen molar-refractivity contribution in [2.24, 2.45) is 0 Å². The van der Waals surface area contributed by atoms with E-state index in [1.165, 1.54) is 17.5 Å². The first kappa shape index (κ1) is 15.1. The van der Waals surface area contributed by atoms with Gasteiger partial charge < -0.3 is 4.72 Å². The second-order valence-electron chi connectivity index (χ2n) is 5.25. The molecule has 0 unspecified atom stereocenters. The number of pyridine rings is 2. The first-order valence-electron chi connectivity index (χ1n) is 7.08. The van der Waals surface area contributed by atoms with Gasteiger partial charge in [-0.2, -0.15) is 0 Å². The molecule has 1 aromatic carbocycles. The van der Waals surface area contributed by atoms with Crippen LogP contribution in [0.3, 0.4) is 0 Å². The summed E-state index contributed by atoms with van der Waals surface area (Å²) in [7, 11) is 0. The molecule has 0 saturated carbocycles. The Morgan fingerprint density at radius 3 is 2.64 bits per heavy atom. The van der Waals surface area contributed by atoms with Crippen molar-refractivity contribution in [1.82, 2.24) is 9.97 Å². The second-order valence-corrected chi connectivity index (χ2v) is 6.46. The molecule has 0 radical (unpaired) electrons. The molecular formula is C17H16ClN3S. The summed E-state index contributed by atoms with van der Waals surface area (Å²) in [5.74, 6) is 0.416. The van der Waals surface area contributed by atoms with Crippen LogP contribution in [0.4, 0.5) is 5.69 Å².